The van der Waals surface area contributed by atoms with Crippen molar-refractivity contribution in [2.45, 2.75) is 19.0 Å². The lowest BCUT2D eigenvalue weighted by atomic mass is 10.1. The molecule has 0 aromatic carbocycles. The van der Waals surface area contributed by atoms with Crippen LogP contribution in [-0.2, 0) is 17.8 Å². The zero-order valence-corrected chi connectivity index (χ0v) is 7.68. The molecule has 1 rings (SSSR count). The summed E-state index contributed by atoms with van der Waals surface area (Å²) in [5.74, 6) is -1.02. The van der Waals surface area contributed by atoms with E-state index in [1.807, 2.05) is 0 Å². The van der Waals surface area contributed by atoms with Gasteiger partial charge >= 0.3 is 5.97 Å². The van der Waals surface area contributed by atoms with Crippen molar-refractivity contribution in [1.82, 2.24) is 4.98 Å². The highest BCUT2D eigenvalue weighted by Gasteiger charge is 2.12. The van der Waals surface area contributed by atoms with Crippen LogP contribution >= 0.6 is 0 Å². The van der Waals surface area contributed by atoms with Gasteiger partial charge in [-0.05, 0) is 17.7 Å². The van der Waals surface area contributed by atoms with Gasteiger partial charge < -0.3 is 16.6 Å². The van der Waals surface area contributed by atoms with Crippen LogP contribution in [-0.4, -0.2) is 22.1 Å². The van der Waals surface area contributed by atoms with Crippen molar-refractivity contribution in [3.63, 3.8) is 0 Å². The number of aliphatic carboxylic acids is 1. The van der Waals surface area contributed by atoms with Gasteiger partial charge in [0.15, 0.2) is 0 Å². The van der Waals surface area contributed by atoms with E-state index in [-0.39, 0.29) is 6.42 Å². The van der Waals surface area contributed by atoms with E-state index < -0.39 is 12.0 Å². The Balaban J connectivity index is 2.71. The van der Waals surface area contributed by atoms with E-state index in [4.69, 9.17) is 16.6 Å². The maximum Gasteiger partial charge on any atom is 0.320 e. The number of pyridine rings is 1. The first kappa shape index (κ1) is 10.6. The lowest BCUT2D eigenvalue weighted by molar-refractivity contribution is -0.138. The quantitative estimate of drug-likeness (QED) is 0.600. The van der Waals surface area contributed by atoms with Crippen molar-refractivity contribution in [3.05, 3.63) is 29.6 Å². The fourth-order valence-corrected chi connectivity index (χ4v) is 1.08. The molecule has 5 nitrogen and oxygen atoms in total. The maximum absolute atomic E-state index is 10.5. The molecule has 0 aliphatic carbocycles. The summed E-state index contributed by atoms with van der Waals surface area (Å²) in [5.41, 5.74) is 12.4. The highest BCUT2D eigenvalue weighted by molar-refractivity contribution is 5.73. The molecular weight excluding hydrogens is 182 g/mol. The summed E-state index contributed by atoms with van der Waals surface area (Å²) in [6.07, 6.45) is 1.83. The number of hydrogen-bond donors (Lipinski definition) is 3. The summed E-state index contributed by atoms with van der Waals surface area (Å²) in [5, 5.41) is 8.59. The number of nitrogens with two attached hydrogens (primary N) is 2. The molecule has 14 heavy (non-hydrogen) atoms. The summed E-state index contributed by atoms with van der Waals surface area (Å²) in [4.78, 5) is 14.5. The van der Waals surface area contributed by atoms with E-state index in [0.29, 0.717) is 12.2 Å². The number of nitrogens with zero attached hydrogens (tertiary/aromatic N) is 1. The van der Waals surface area contributed by atoms with Crippen molar-refractivity contribution in [3.8, 4) is 0 Å². The monoisotopic (exact) mass is 195 g/mol. The number of carboxylic acids is 1. The second-order valence-corrected chi connectivity index (χ2v) is 3.01. The Morgan fingerprint density at radius 1 is 1.64 bits per heavy atom. The normalized spacial score (nSPS) is 12.4. The van der Waals surface area contributed by atoms with Gasteiger partial charge in [-0.3, -0.25) is 9.78 Å². The number of carbonyl (C=O) groups is 1. The second kappa shape index (κ2) is 4.69. The fraction of sp³-hybridized carbons (Fsp3) is 0.333. The molecule has 76 valence electrons. The Kier molecular flexibility index (Phi) is 3.55. The molecule has 0 fully saturated rings. The van der Waals surface area contributed by atoms with Gasteiger partial charge in [0.1, 0.15) is 6.04 Å². The minimum absolute atomic E-state index is 0.225. The Morgan fingerprint density at radius 3 is 2.93 bits per heavy atom. The average Bonchev–Trinajstić information content (AvgIpc) is 2.18. The minimum atomic E-state index is -1.02. The molecule has 1 atom stereocenters. The molecule has 5 N–H and O–H groups in total. The molecule has 0 aliphatic rings. The first-order valence-electron chi connectivity index (χ1n) is 4.25. The molecule has 0 aliphatic heterocycles. The largest absolute Gasteiger partial charge is 0.480 e. The van der Waals surface area contributed by atoms with Crippen LogP contribution in [0, 0.1) is 0 Å². The summed E-state index contributed by atoms with van der Waals surface area (Å²) < 4.78 is 0. The van der Waals surface area contributed by atoms with Gasteiger partial charge in [0, 0.05) is 24.9 Å². The average molecular weight is 195 g/mol. The standard InChI is InChI=1S/C9H13N3O2/c10-5-6-1-2-12-7(3-6)4-8(11)9(13)14/h1-3,8H,4-5,10-11H2,(H,13,14). The van der Waals surface area contributed by atoms with E-state index in [1.165, 1.54) is 0 Å². The van der Waals surface area contributed by atoms with Gasteiger partial charge in [-0.2, -0.15) is 0 Å². The molecule has 5 heteroatoms. The Morgan fingerprint density at radius 2 is 2.36 bits per heavy atom. The number of aromatic nitrogens is 1. The number of hydrogen-bond acceptors (Lipinski definition) is 4. The Hall–Kier alpha value is -1.46. The molecular formula is C9H13N3O2. The summed E-state index contributed by atoms with van der Waals surface area (Å²) in [6.45, 7) is 0.415. The van der Waals surface area contributed by atoms with Crippen LogP contribution in [0.1, 0.15) is 11.3 Å². The van der Waals surface area contributed by atoms with E-state index in [1.54, 1.807) is 18.3 Å². The van der Waals surface area contributed by atoms with Gasteiger partial charge in [-0.25, -0.2) is 0 Å². The van der Waals surface area contributed by atoms with Gasteiger partial charge in [0.25, 0.3) is 0 Å². The Bertz CT molecular complexity index is 328. The van der Waals surface area contributed by atoms with E-state index in [2.05, 4.69) is 4.98 Å². The molecule has 0 spiro atoms. The highest BCUT2D eigenvalue weighted by Crippen LogP contribution is 2.03. The van der Waals surface area contributed by atoms with Crippen LogP contribution in [0.15, 0.2) is 18.3 Å². The van der Waals surface area contributed by atoms with Crippen LogP contribution in [0.5, 0.6) is 0 Å². The molecule has 1 heterocycles. The van der Waals surface area contributed by atoms with E-state index >= 15 is 0 Å². The molecule has 0 amide bonds. The van der Waals surface area contributed by atoms with E-state index in [9.17, 15) is 4.79 Å². The van der Waals surface area contributed by atoms with Gasteiger partial charge in [0.2, 0.25) is 0 Å². The number of carboxylic acid groups (broad SMARTS) is 1. The third kappa shape index (κ3) is 2.79. The molecule has 1 aromatic heterocycles. The summed E-state index contributed by atoms with van der Waals surface area (Å²) >= 11 is 0. The zero-order valence-electron chi connectivity index (χ0n) is 7.68. The van der Waals surface area contributed by atoms with Crippen molar-refractivity contribution >= 4 is 5.97 Å². The molecule has 0 bridgehead atoms. The highest BCUT2D eigenvalue weighted by atomic mass is 16.4. The smallest absolute Gasteiger partial charge is 0.320 e. The van der Waals surface area contributed by atoms with Crippen LogP contribution in [0.4, 0.5) is 0 Å². The minimum Gasteiger partial charge on any atom is -0.480 e. The second-order valence-electron chi connectivity index (χ2n) is 3.01. The van der Waals surface area contributed by atoms with Crippen LogP contribution in [0.3, 0.4) is 0 Å². The SMILES string of the molecule is NCc1ccnc(CC(N)C(=O)O)c1. The third-order valence-electron chi connectivity index (χ3n) is 1.86. The van der Waals surface area contributed by atoms with Crippen LogP contribution in [0.25, 0.3) is 0 Å². The molecule has 0 saturated heterocycles. The van der Waals surface area contributed by atoms with Gasteiger partial charge in [-0.15, -0.1) is 0 Å². The van der Waals surface area contributed by atoms with Gasteiger partial charge in [-0.1, -0.05) is 0 Å². The van der Waals surface area contributed by atoms with E-state index in [0.717, 1.165) is 5.56 Å². The predicted octanol–water partition coefficient (Wildman–Crippen LogP) is -0.505. The first-order valence-corrected chi connectivity index (χ1v) is 4.25. The Labute approximate surface area is 81.7 Å². The topological polar surface area (TPSA) is 102 Å². The first-order chi connectivity index (χ1) is 6.63. The summed E-state index contributed by atoms with van der Waals surface area (Å²) in [6, 6.07) is 2.65. The molecule has 0 radical (unpaired) electrons. The lowest BCUT2D eigenvalue weighted by Gasteiger charge is -2.06. The maximum atomic E-state index is 10.5. The molecule has 1 unspecified atom stereocenters. The summed E-state index contributed by atoms with van der Waals surface area (Å²) in [7, 11) is 0. The lowest BCUT2D eigenvalue weighted by Crippen LogP contribution is -2.32. The number of rotatable bonds is 4. The van der Waals surface area contributed by atoms with Crippen molar-refractivity contribution in [1.29, 1.82) is 0 Å². The molecule has 1 aromatic rings. The van der Waals surface area contributed by atoms with Gasteiger partial charge in [0.05, 0.1) is 0 Å². The molecule has 0 saturated carbocycles. The van der Waals surface area contributed by atoms with Crippen LogP contribution in [0.2, 0.25) is 0 Å². The van der Waals surface area contributed by atoms with Crippen LogP contribution < -0.4 is 11.5 Å². The fourth-order valence-electron chi connectivity index (χ4n) is 1.08. The van der Waals surface area contributed by atoms with Crippen molar-refractivity contribution in [2.24, 2.45) is 11.5 Å². The zero-order chi connectivity index (χ0) is 10.6. The van der Waals surface area contributed by atoms with Crippen molar-refractivity contribution in [2.75, 3.05) is 0 Å². The third-order valence-corrected chi connectivity index (χ3v) is 1.86. The van der Waals surface area contributed by atoms with Crippen molar-refractivity contribution < 1.29 is 9.90 Å². The predicted molar refractivity (Wildman–Crippen MR) is 51.4 cm³/mol.